The molecule has 140 valence electrons. The predicted octanol–water partition coefficient (Wildman–Crippen LogP) is 3.50. The Balaban J connectivity index is 1.90. The summed E-state index contributed by atoms with van der Waals surface area (Å²) < 4.78 is 28.2. The van der Waals surface area contributed by atoms with Crippen molar-refractivity contribution in [1.82, 2.24) is 0 Å². The van der Waals surface area contributed by atoms with Gasteiger partial charge in [0.2, 0.25) is 0 Å². The van der Waals surface area contributed by atoms with Crippen molar-refractivity contribution in [3.63, 3.8) is 0 Å². The van der Waals surface area contributed by atoms with Crippen molar-refractivity contribution in [2.45, 2.75) is 17.9 Å². The van der Waals surface area contributed by atoms with Crippen molar-refractivity contribution in [3.05, 3.63) is 48.5 Å². The summed E-state index contributed by atoms with van der Waals surface area (Å²) in [5.74, 6) is -0.0645. The first-order valence-electron chi connectivity index (χ1n) is 7.79. The zero-order chi connectivity index (χ0) is 19.6. The Morgan fingerprint density at radius 1 is 1.19 bits per heavy atom. The second-order valence-corrected chi connectivity index (χ2v) is 8.18. The number of carbonyl (C=O) groups excluding carboxylic acids is 1. The lowest BCUT2D eigenvalue weighted by molar-refractivity contribution is -0.117. The van der Waals surface area contributed by atoms with Crippen LogP contribution in [0.3, 0.4) is 0 Å². The standard InChI is InChI=1S/C17H15ClN4O4S/c1-11-16(17(23)22(21-11)12-6-4-3-5-7-12)20-19-14-10-13(27(18,24)25)8-9-15(14)26-2/h3-10,16H,1-2H3. The van der Waals surface area contributed by atoms with Gasteiger partial charge >= 0.3 is 0 Å². The Labute approximate surface area is 160 Å². The average molecular weight is 407 g/mol. The van der Waals surface area contributed by atoms with Crippen LogP contribution in [0.4, 0.5) is 11.4 Å². The van der Waals surface area contributed by atoms with Crippen molar-refractivity contribution < 1.29 is 17.9 Å². The molecule has 27 heavy (non-hydrogen) atoms. The average Bonchev–Trinajstić information content (AvgIpc) is 2.93. The van der Waals surface area contributed by atoms with E-state index in [4.69, 9.17) is 15.4 Å². The van der Waals surface area contributed by atoms with E-state index < -0.39 is 15.1 Å². The molecule has 1 heterocycles. The number of halogens is 1. The minimum absolute atomic E-state index is 0.137. The molecule has 0 saturated carbocycles. The van der Waals surface area contributed by atoms with Crippen LogP contribution in [0.25, 0.3) is 0 Å². The van der Waals surface area contributed by atoms with Crippen LogP contribution < -0.4 is 9.75 Å². The summed E-state index contributed by atoms with van der Waals surface area (Å²) in [4.78, 5) is 12.5. The number of hydrogen-bond donors (Lipinski definition) is 0. The second kappa shape index (κ2) is 7.45. The Kier molecular flexibility index (Phi) is 5.24. The number of hydrazone groups is 1. The zero-order valence-electron chi connectivity index (χ0n) is 14.4. The maximum Gasteiger partial charge on any atom is 0.280 e. The van der Waals surface area contributed by atoms with E-state index in [2.05, 4.69) is 15.3 Å². The Hall–Kier alpha value is -2.78. The maximum absolute atomic E-state index is 12.6. The first-order chi connectivity index (χ1) is 12.8. The van der Waals surface area contributed by atoms with E-state index in [0.717, 1.165) is 0 Å². The number of methoxy groups -OCH3 is 1. The third kappa shape index (κ3) is 3.99. The van der Waals surface area contributed by atoms with Gasteiger partial charge in [0.05, 0.1) is 23.4 Å². The van der Waals surface area contributed by atoms with E-state index in [1.54, 1.807) is 31.2 Å². The van der Waals surface area contributed by atoms with Gasteiger partial charge in [0.15, 0.2) is 6.04 Å². The minimum Gasteiger partial charge on any atom is -0.494 e. The highest BCUT2D eigenvalue weighted by atomic mass is 35.7. The van der Waals surface area contributed by atoms with Gasteiger partial charge in [-0.15, -0.1) is 0 Å². The summed E-state index contributed by atoms with van der Waals surface area (Å²) in [5.41, 5.74) is 1.22. The summed E-state index contributed by atoms with van der Waals surface area (Å²) in [6.07, 6.45) is 0. The SMILES string of the molecule is COc1ccc(S(=O)(=O)Cl)cc1N=NC1C(=O)N(c2ccccc2)N=C1C. The van der Waals surface area contributed by atoms with Gasteiger partial charge in [-0.3, -0.25) is 4.79 Å². The molecule has 0 N–H and O–H groups in total. The molecule has 0 radical (unpaired) electrons. The summed E-state index contributed by atoms with van der Waals surface area (Å²) in [7, 11) is 2.84. The molecule has 0 fully saturated rings. The molecular weight excluding hydrogens is 392 g/mol. The van der Waals surface area contributed by atoms with E-state index in [0.29, 0.717) is 17.1 Å². The number of para-hydroxylation sites is 1. The van der Waals surface area contributed by atoms with E-state index in [1.807, 2.05) is 6.07 Å². The van der Waals surface area contributed by atoms with Gasteiger partial charge in [-0.05, 0) is 37.3 Å². The molecule has 0 spiro atoms. The highest BCUT2D eigenvalue weighted by molar-refractivity contribution is 8.13. The van der Waals surface area contributed by atoms with Gasteiger partial charge < -0.3 is 4.74 Å². The molecule has 1 aliphatic rings. The Morgan fingerprint density at radius 3 is 2.52 bits per heavy atom. The van der Waals surface area contributed by atoms with Crippen LogP contribution in [0.2, 0.25) is 0 Å². The van der Waals surface area contributed by atoms with Crippen LogP contribution in [0.1, 0.15) is 6.92 Å². The fraction of sp³-hybridized carbons (Fsp3) is 0.176. The number of nitrogens with zero attached hydrogens (tertiary/aromatic N) is 4. The van der Waals surface area contributed by atoms with Gasteiger partial charge in [0.25, 0.3) is 15.0 Å². The maximum atomic E-state index is 12.6. The molecule has 10 heteroatoms. The topological polar surface area (TPSA) is 101 Å². The molecule has 3 rings (SSSR count). The van der Waals surface area contributed by atoms with E-state index in [9.17, 15) is 13.2 Å². The third-order valence-electron chi connectivity index (χ3n) is 3.81. The number of carbonyl (C=O) groups is 1. The molecule has 0 saturated heterocycles. The van der Waals surface area contributed by atoms with Gasteiger partial charge in [-0.1, -0.05) is 18.2 Å². The van der Waals surface area contributed by atoms with Crippen LogP contribution in [0.15, 0.2) is 68.8 Å². The summed E-state index contributed by atoms with van der Waals surface area (Å²) in [6.45, 7) is 1.67. The summed E-state index contributed by atoms with van der Waals surface area (Å²) in [6, 6.07) is 12.0. The minimum atomic E-state index is -3.94. The molecule has 2 aromatic carbocycles. The van der Waals surface area contributed by atoms with Crippen LogP contribution >= 0.6 is 10.7 Å². The number of anilines is 1. The van der Waals surface area contributed by atoms with Crippen molar-refractivity contribution in [1.29, 1.82) is 0 Å². The lowest BCUT2D eigenvalue weighted by Gasteiger charge is -2.12. The highest BCUT2D eigenvalue weighted by Gasteiger charge is 2.34. The number of benzene rings is 2. The third-order valence-corrected chi connectivity index (χ3v) is 5.16. The predicted molar refractivity (Wildman–Crippen MR) is 101 cm³/mol. The largest absolute Gasteiger partial charge is 0.494 e. The number of rotatable bonds is 5. The highest BCUT2D eigenvalue weighted by Crippen LogP contribution is 2.32. The molecule has 1 aliphatic heterocycles. The van der Waals surface area contributed by atoms with Crippen LogP contribution in [-0.4, -0.2) is 33.2 Å². The molecule has 2 aromatic rings. The molecule has 0 bridgehead atoms. The molecule has 1 amide bonds. The fourth-order valence-corrected chi connectivity index (χ4v) is 3.23. The van der Waals surface area contributed by atoms with E-state index >= 15 is 0 Å². The lowest BCUT2D eigenvalue weighted by atomic mass is 10.2. The number of azo groups is 1. The normalized spacial score (nSPS) is 17.4. The Morgan fingerprint density at radius 2 is 1.89 bits per heavy atom. The van der Waals surface area contributed by atoms with Gasteiger partial charge in [-0.25, -0.2) is 8.42 Å². The molecular formula is C17H15ClN4O4S. The number of ether oxygens (including phenoxy) is 1. The molecule has 8 nitrogen and oxygen atoms in total. The molecule has 0 aliphatic carbocycles. The molecule has 1 atom stereocenters. The van der Waals surface area contributed by atoms with Crippen molar-refractivity contribution in [3.8, 4) is 5.75 Å². The first kappa shape index (κ1) is 19.0. The monoisotopic (exact) mass is 406 g/mol. The summed E-state index contributed by atoms with van der Waals surface area (Å²) in [5, 5.41) is 13.5. The zero-order valence-corrected chi connectivity index (χ0v) is 16.0. The lowest BCUT2D eigenvalue weighted by Crippen LogP contribution is -2.29. The van der Waals surface area contributed by atoms with Gasteiger partial charge in [-0.2, -0.15) is 20.3 Å². The van der Waals surface area contributed by atoms with Gasteiger partial charge in [0, 0.05) is 10.7 Å². The summed E-state index contributed by atoms with van der Waals surface area (Å²) >= 11 is 0. The van der Waals surface area contributed by atoms with Crippen molar-refractivity contribution in [2.24, 2.45) is 15.3 Å². The van der Waals surface area contributed by atoms with Crippen LogP contribution in [0.5, 0.6) is 5.75 Å². The molecule has 1 unspecified atom stereocenters. The van der Waals surface area contributed by atoms with Crippen LogP contribution in [-0.2, 0) is 13.8 Å². The second-order valence-electron chi connectivity index (χ2n) is 5.62. The quantitative estimate of drug-likeness (QED) is 0.560. The van der Waals surface area contributed by atoms with Gasteiger partial charge in [0.1, 0.15) is 11.4 Å². The number of hydrogen-bond acceptors (Lipinski definition) is 7. The molecule has 0 aromatic heterocycles. The fourth-order valence-electron chi connectivity index (χ4n) is 2.46. The first-order valence-corrected chi connectivity index (χ1v) is 10.1. The smallest absolute Gasteiger partial charge is 0.280 e. The van der Waals surface area contributed by atoms with Crippen LogP contribution in [0, 0.1) is 0 Å². The van der Waals surface area contributed by atoms with Crippen molar-refractivity contribution >= 4 is 42.7 Å². The van der Waals surface area contributed by atoms with E-state index in [-0.39, 0.29) is 16.5 Å². The number of amides is 1. The van der Waals surface area contributed by atoms with E-state index in [1.165, 1.54) is 30.3 Å². The van der Waals surface area contributed by atoms with Crippen molar-refractivity contribution in [2.75, 3.05) is 12.1 Å². The Bertz CT molecular complexity index is 1040.